The molecule has 0 unspecified atom stereocenters. The van der Waals surface area contributed by atoms with Crippen LogP contribution in [0.5, 0.6) is 5.75 Å². The lowest BCUT2D eigenvalue weighted by molar-refractivity contribution is -0.169. The smallest absolute Gasteiger partial charge is 0.323 e. The average molecular weight is 411 g/mol. The van der Waals surface area contributed by atoms with Gasteiger partial charge in [-0.15, -0.1) is 0 Å². The van der Waals surface area contributed by atoms with Crippen molar-refractivity contribution in [1.29, 1.82) is 0 Å². The molecule has 0 saturated heterocycles. The van der Waals surface area contributed by atoms with Crippen LogP contribution in [0.3, 0.4) is 0 Å². The predicted molar refractivity (Wildman–Crippen MR) is 114 cm³/mol. The molecule has 1 aromatic heterocycles. The molecule has 2 aromatic rings. The summed E-state index contributed by atoms with van der Waals surface area (Å²) in [5.41, 5.74) is 4.87. The average Bonchev–Trinajstić information content (AvgIpc) is 2.88. The maximum absolute atomic E-state index is 12.8. The Kier molecular flexibility index (Phi) is 6.06. The molecule has 0 aliphatic heterocycles. The summed E-state index contributed by atoms with van der Waals surface area (Å²) in [7, 11) is 4.27. The summed E-state index contributed by atoms with van der Waals surface area (Å²) in [6.07, 6.45) is 2.59. The van der Waals surface area contributed by atoms with Gasteiger partial charge in [-0.2, -0.15) is 0 Å². The first-order chi connectivity index (χ1) is 14.3. The minimum atomic E-state index is -1.38. The highest BCUT2D eigenvalue weighted by Crippen LogP contribution is 2.41. The van der Waals surface area contributed by atoms with Crippen molar-refractivity contribution in [3.05, 3.63) is 57.9 Å². The molecule has 0 radical (unpaired) electrons. The van der Waals surface area contributed by atoms with E-state index in [-0.39, 0.29) is 12.8 Å². The summed E-state index contributed by atoms with van der Waals surface area (Å²) < 4.78 is 17.6. The van der Waals surface area contributed by atoms with Gasteiger partial charge < -0.3 is 18.8 Å². The molecule has 1 heterocycles. The first kappa shape index (κ1) is 21.7. The molecule has 0 bridgehead atoms. The third-order valence-corrected chi connectivity index (χ3v) is 6.09. The second-order valence-corrected chi connectivity index (χ2v) is 7.92. The van der Waals surface area contributed by atoms with Gasteiger partial charge >= 0.3 is 11.9 Å². The first-order valence-corrected chi connectivity index (χ1v) is 9.93. The standard InChI is InChI=1S/C24H29NO5/c1-15-11-21-20(13-24(12-15,22(26)29-5)23(27)30-6)16(2)17(3)25(21)14-18-7-9-19(28-4)10-8-18/h7-11H,12-14H2,1-6H3. The van der Waals surface area contributed by atoms with Crippen LogP contribution in [0.25, 0.3) is 6.08 Å². The van der Waals surface area contributed by atoms with Gasteiger partial charge in [0.1, 0.15) is 5.75 Å². The Hall–Kier alpha value is -3.02. The van der Waals surface area contributed by atoms with Crippen LogP contribution in [0.15, 0.2) is 29.8 Å². The maximum Gasteiger partial charge on any atom is 0.323 e. The largest absolute Gasteiger partial charge is 0.497 e. The minimum absolute atomic E-state index is 0.248. The van der Waals surface area contributed by atoms with E-state index in [1.165, 1.54) is 14.2 Å². The summed E-state index contributed by atoms with van der Waals surface area (Å²) in [6, 6.07) is 7.97. The van der Waals surface area contributed by atoms with Crippen LogP contribution in [0.4, 0.5) is 0 Å². The van der Waals surface area contributed by atoms with Crippen LogP contribution in [0, 0.1) is 19.3 Å². The Labute approximate surface area is 177 Å². The van der Waals surface area contributed by atoms with Gasteiger partial charge in [0.05, 0.1) is 21.3 Å². The van der Waals surface area contributed by atoms with E-state index in [2.05, 4.69) is 17.6 Å². The number of methoxy groups -OCH3 is 3. The molecule has 0 saturated carbocycles. The normalized spacial score (nSPS) is 14.9. The van der Waals surface area contributed by atoms with Crippen LogP contribution < -0.4 is 4.74 Å². The Morgan fingerprint density at radius 1 is 0.967 bits per heavy atom. The number of fused-ring (bicyclic) bond motifs is 1. The third-order valence-electron chi connectivity index (χ3n) is 6.09. The van der Waals surface area contributed by atoms with Gasteiger partial charge in [-0.05, 0) is 62.1 Å². The van der Waals surface area contributed by atoms with Crippen molar-refractivity contribution < 1.29 is 23.8 Å². The van der Waals surface area contributed by atoms with Crippen molar-refractivity contribution in [2.24, 2.45) is 5.41 Å². The molecule has 1 aliphatic carbocycles. The number of esters is 2. The van der Waals surface area contributed by atoms with Gasteiger partial charge in [-0.1, -0.05) is 17.7 Å². The summed E-state index contributed by atoms with van der Waals surface area (Å²) in [6.45, 7) is 6.71. The Bertz CT molecular complexity index is 982. The second kappa shape index (κ2) is 8.38. The number of benzene rings is 1. The van der Waals surface area contributed by atoms with E-state index in [9.17, 15) is 9.59 Å². The number of ether oxygens (including phenoxy) is 3. The molecule has 0 fully saturated rings. The monoisotopic (exact) mass is 411 g/mol. The molecule has 6 nitrogen and oxygen atoms in total. The molecule has 0 amide bonds. The fraction of sp³-hybridized carbons (Fsp3) is 0.417. The maximum atomic E-state index is 12.8. The van der Waals surface area contributed by atoms with Crippen LogP contribution in [0.2, 0.25) is 0 Å². The van der Waals surface area contributed by atoms with E-state index in [1.54, 1.807) is 7.11 Å². The summed E-state index contributed by atoms with van der Waals surface area (Å²) in [5.74, 6) is -0.306. The lowest BCUT2D eigenvalue weighted by Gasteiger charge is -2.27. The number of allylic oxidation sites excluding steroid dienone is 1. The zero-order valence-electron chi connectivity index (χ0n) is 18.5. The number of aromatic nitrogens is 1. The fourth-order valence-corrected chi connectivity index (χ4v) is 4.35. The van der Waals surface area contributed by atoms with Gasteiger partial charge in [0.25, 0.3) is 0 Å². The second-order valence-electron chi connectivity index (χ2n) is 7.92. The van der Waals surface area contributed by atoms with Crippen molar-refractivity contribution in [2.75, 3.05) is 21.3 Å². The zero-order valence-corrected chi connectivity index (χ0v) is 18.5. The van der Waals surface area contributed by atoms with Crippen LogP contribution in [-0.4, -0.2) is 37.8 Å². The van der Waals surface area contributed by atoms with E-state index in [0.29, 0.717) is 6.54 Å². The van der Waals surface area contributed by atoms with Gasteiger partial charge in [-0.3, -0.25) is 9.59 Å². The molecule has 0 spiro atoms. The van der Waals surface area contributed by atoms with E-state index < -0.39 is 17.4 Å². The molecule has 30 heavy (non-hydrogen) atoms. The number of nitrogens with zero attached hydrogens (tertiary/aromatic N) is 1. The van der Waals surface area contributed by atoms with Crippen molar-refractivity contribution >= 4 is 18.0 Å². The molecule has 6 heteroatoms. The Morgan fingerprint density at radius 2 is 1.57 bits per heavy atom. The molecule has 1 aromatic carbocycles. The van der Waals surface area contributed by atoms with E-state index >= 15 is 0 Å². The molecular weight excluding hydrogens is 382 g/mol. The number of hydrogen-bond donors (Lipinski definition) is 0. The van der Waals surface area contributed by atoms with Gasteiger partial charge in [0, 0.05) is 24.4 Å². The van der Waals surface area contributed by atoms with Crippen LogP contribution >= 0.6 is 0 Å². The fourth-order valence-electron chi connectivity index (χ4n) is 4.35. The molecule has 160 valence electrons. The lowest BCUT2D eigenvalue weighted by atomic mass is 9.77. The van der Waals surface area contributed by atoms with Crippen molar-refractivity contribution in [3.63, 3.8) is 0 Å². The quantitative estimate of drug-likeness (QED) is 0.552. The van der Waals surface area contributed by atoms with Crippen LogP contribution in [-0.2, 0) is 32.0 Å². The minimum Gasteiger partial charge on any atom is -0.497 e. The summed E-state index contributed by atoms with van der Waals surface area (Å²) >= 11 is 0. The number of rotatable bonds is 5. The van der Waals surface area contributed by atoms with Crippen LogP contribution in [0.1, 0.15) is 41.4 Å². The lowest BCUT2D eigenvalue weighted by Crippen LogP contribution is -2.43. The van der Waals surface area contributed by atoms with Crippen molar-refractivity contribution in [2.45, 2.75) is 40.2 Å². The summed E-state index contributed by atoms with van der Waals surface area (Å²) in [4.78, 5) is 25.6. The highest BCUT2D eigenvalue weighted by molar-refractivity contribution is 6.01. The Balaban J connectivity index is 2.12. The molecular formula is C24H29NO5. The molecule has 3 rings (SSSR count). The highest BCUT2D eigenvalue weighted by atomic mass is 16.5. The number of hydrogen-bond acceptors (Lipinski definition) is 5. The molecule has 0 N–H and O–H groups in total. The predicted octanol–water partition coefficient (Wildman–Crippen LogP) is 3.84. The number of carbonyl (C=O) groups is 2. The zero-order chi connectivity index (χ0) is 22.1. The van der Waals surface area contributed by atoms with Crippen molar-refractivity contribution in [3.8, 4) is 5.75 Å². The van der Waals surface area contributed by atoms with Gasteiger partial charge in [0.15, 0.2) is 5.41 Å². The number of carbonyl (C=O) groups excluding carboxylic acids is 2. The van der Waals surface area contributed by atoms with Gasteiger partial charge in [0.2, 0.25) is 0 Å². The van der Waals surface area contributed by atoms with Gasteiger partial charge in [-0.25, -0.2) is 0 Å². The van der Waals surface area contributed by atoms with E-state index in [1.807, 2.05) is 38.1 Å². The first-order valence-electron chi connectivity index (χ1n) is 9.93. The topological polar surface area (TPSA) is 66.8 Å². The molecule has 0 atom stereocenters. The van der Waals surface area contributed by atoms with E-state index in [0.717, 1.165) is 39.4 Å². The van der Waals surface area contributed by atoms with E-state index in [4.69, 9.17) is 14.2 Å². The SMILES string of the molecule is COC(=O)C1(C(=O)OC)CC(C)=Cc2c(c(C)c(C)n2Cc2ccc(OC)cc2)C1. The summed E-state index contributed by atoms with van der Waals surface area (Å²) in [5, 5.41) is 0. The highest BCUT2D eigenvalue weighted by Gasteiger charge is 2.50. The van der Waals surface area contributed by atoms with Crippen molar-refractivity contribution in [1.82, 2.24) is 4.57 Å². The third kappa shape index (κ3) is 3.62. The molecule has 1 aliphatic rings. The Morgan fingerprint density at radius 3 is 2.10 bits per heavy atom.